The molecule has 30 heavy (non-hydrogen) atoms. The van der Waals surface area contributed by atoms with Gasteiger partial charge in [-0.15, -0.1) is 0 Å². The molecule has 0 atom stereocenters. The van der Waals surface area contributed by atoms with Crippen molar-refractivity contribution in [2.24, 2.45) is 5.92 Å². The van der Waals surface area contributed by atoms with Crippen LogP contribution in [0.25, 0.3) is 11.0 Å². The highest BCUT2D eigenvalue weighted by Crippen LogP contribution is 2.38. The predicted molar refractivity (Wildman–Crippen MR) is 106 cm³/mol. The van der Waals surface area contributed by atoms with Gasteiger partial charge in [-0.25, -0.2) is 17.2 Å². The van der Waals surface area contributed by atoms with E-state index in [1.54, 1.807) is 23.0 Å². The highest BCUT2D eigenvalue weighted by Gasteiger charge is 2.36. The third-order valence-electron chi connectivity index (χ3n) is 5.27. The molecule has 162 valence electrons. The maximum atomic E-state index is 13.3. The molecule has 0 spiro atoms. The topological polar surface area (TPSA) is 99.2 Å². The number of alkyl halides is 2. The smallest absolute Gasteiger partial charge is 0.248 e. The lowest BCUT2D eigenvalue weighted by molar-refractivity contribution is -0.0435. The summed E-state index contributed by atoms with van der Waals surface area (Å²) in [6, 6.07) is 5.32. The Labute approximate surface area is 172 Å². The predicted octanol–water partition coefficient (Wildman–Crippen LogP) is 3.65. The van der Waals surface area contributed by atoms with Crippen molar-refractivity contribution in [3.8, 4) is 5.75 Å². The van der Waals surface area contributed by atoms with E-state index in [4.69, 9.17) is 9.26 Å². The second-order valence-electron chi connectivity index (χ2n) is 7.59. The molecular formula is C19H22F2N4O4S. The molecule has 4 rings (SSSR count). The first-order valence-corrected chi connectivity index (χ1v) is 11.2. The molecule has 0 bridgehead atoms. The van der Waals surface area contributed by atoms with Crippen LogP contribution in [0.2, 0.25) is 0 Å². The number of benzene rings is 1. The minimum Gasteiger partial charge on any atom is -0.496 e. The Hall–Kier alpha value is -2.69. The fraction of sp³-hybridized carbons (Fsp3) is 0.474. The molecule has 0 aliphatic heterocycles. The van der Waals surface area contributed by atoms with Crippen molar-refractivity contribution in [2.45, 2.75) is 38.2 Å². The van der Waals surface area contributed by atoms with Crippen LogP contribution in [0.1, 0.15) is 31.2 Å². The van der Waals surface area contributed by atoms with Crippen LogP contribution in [0, 0.1) is 5.92 Å². The highest BCUT2D eigenvalue weighted by molar-refractivity contribution is 7.92. The molecule has 1 N–H and O–H groups in total. The van der Waals surface area contributed by atoms with Gasteiger partial charge in [0.05, 0.1) is 19.4 Å². The van der Waals surface area contributed by atoms with E-state index in [2.05, 4.69) is 15.0 Å². The lowest BCUT2D eigenvalue weighted by Crippen LogP contribution is -2.30. The fourth-order valence-corrected chi connectivity index (χ4v) is 5.23. The summed E-state index contributed by atoms with van der Waals surface area (Å²) in [6.45, 7) is 0.480. The molecule has 1 saturated carbocycles. The number of anilines is 1. The lowest BCUT2D eigenvalue weighted by atomic mass is 9.88. The zero-order valence-corrected chi connectivity index (χ0v) is 17.2. The van der Waals surface area contributed by atoms with Gasteiger partial charge in [-0.1, -0.05) is 5.16 Å². The number of sulfonamides is 1. The Balaban J connectivity index is 1.54. The van der Waals surface area contributed by atoms with E-state index in [0.717, 1.165) is 5.56 Å². The number of aromatic nitrogens is 3. The first-order valence-electron chi connectivity index (χ1n) is 9.57. The summed E-state index contributed by atoms with van der Waals surface area (Å²) in [5.41, 5.74) is 1.21. The minimum absolute atomic E-state index is 0.0219. The lowest BCUT2D eigenvalue weighted by Gasteiger charge is -2.27. The largest absolute Gasteiger partial charge is 0.496 e. The SMILES string of the molecule is COc1cc(Cn2cccn2)cc2onc(NS(=O)(=O)CC3CCC(F)(F)CC3)c12. The molecule has 8 nitrogen and oxygen atoms in total. The van der Waals surface area contributed by atoms with E-state index in [0.29, 0.717) is 23.3 Å². The molecule has 1 aromatic carbocycles. The normalized spacial score (nSPS) is 17.3. The molecular weight excluding hydrogens is 418 g/mol. The molecule has 1 fully saturated rings. The van der Waals surface area contributed by atoms with E-state index in [1.807, 2.05) is 12.3 Å². The first kappa shape index (κ1) is 20.6. The van der Waals surface area contributed by atoms with Crippen molar-refractivity contribution >= 4 is 26.8 Å². The van der Waals surface area contributed by atoms with Crippen molar-refractivity contribution in [3.63, 3.8) is 0 Å². The number of fused-ring (bicyclic) bond motifs is 1. The average molecular weight is 440 g/mol. The second-order valence-corrected chi connectivity index (χ2v) is 9.36. The van der Waals surface area contributed by atoms with Gasteiger partial charge >= 0.3 is 0 Å². The van der Waals surface area contributed by atoms with Crippen molar-refractivity contribution < 1.29 is 26.5 Å². The van der Waals surface area contributed by atoms with Gasteiger partial charge in [-0.2, -0.15) is 5.10 Å². The van der Waals surface area contributed by atoms with Gasteiger partial charge in [0.15, 0.2) is 11.4 Å². The van der Waals surface area contributed by atoms with E-state index in [1.165, 1.54) is 7.11 Å². The molecule has 0 amide bonds. The molecule has 0 unspecified atom stereocenters. The van der Waals surface area contributed by atoms with Crippen molar-refractivity contribution in [1.29, 1.82) is 0 Å². The zero-order valence-electron chi connectivity index (χ0n) is 16.3. The summed E-state index contributed by atoms with van der Waals surface area (Å²) in [5.74, 6) is -2.82. The van der Waals surface area contributed by atoms with Crippen LogP contribution in [0.3, 0.4) is 0 Å². The standard InChI is InChI=1S/C19H22F2N4O4S/c1-28-15-9-14(11-25-8-2-7-22-25)10-16-17(15)18(23-29-16)24-30(26,27)12-13-3-5-19(20,21)6-4-13/h2,7-10,13H,3-6,11-12H2,1H3,(H,23,24). The summed E-state index contributed by atoms with van der Waals surface area (Å²) >= 11 is 0. The summed E-state index contributed by atoms with van der Waals surface area (Å²) in [4.78, 5) is 0. The summed E-state index contributed by atoms with van der Waals surface area (Å²) in [6.07, 6.45) is 3.27. The zero-order chi connectivity index (χ0) is 21.4. The van der Waals surface area contributed by atoms with Crippen molar-refractivity contribution in [2.75, 3.05) is 17.6 Å². The second kappa shape index (κ2) is 7.86. The number of nitrogens with zero attached hydrogens (tertiary/aromatic N) is 3. The van der Waals surface area contributed by atoms with Gasteiger partial charge in [0.1, 0.15) is 11.1 Å². The maximum absolute atomic E-state index is 13.3. The van der Waals surface area contributed by atoms with E-state index in [9.17, 15) is 17.2 Å². The van der Waals surface area contributed by atoms with E-state index in [-0.39, 0.29) is 43.2 Å². The Bertz CT molecular complexity index is 1120. The minimum atomic E-state index is -3.80. The number of rotatable bonds is 7. The third-order valence-corrected chi connectivity index (χ3v) is 6.68. The van der Waals surface area contributed by atoms with Crippen LogP contribution in [0.15, 0.2) is 35.1 Å². The molecule has 0 saturated heterocycles. The van der Waals surface area contributed by atoms with Crippen LogP contribution < -0.4 is 9.46 Å². The fourth-order valence-electron chi connectivity index (χ4n) is 3.76. The molecule has 3 aromatic rings. The van der Waals surface area contributed by atoms with E-state index >= 15 is 0 Å². The number of hydrogen-bond donors (Lipinski definition) is 1. The van der Waals surface area contributed by atoms with Crippen LogP contribution in [-0.4, -0.2) is 42.1 Å². The van der Waals surface area contributed by atoms with E-state index < -0.39 is 15.9 Å². The molecule has 1 aliphatic carbocycles. The third kappa shape index (κ3) is 4.55. The van der Waals surface area contributed by atoms with Crippen LogP contribution in [-0.2, 0) is 16.6 Å². The average Bonchev–Trinajstić information content (AvgIpc) is 3.33. The highest BCUT2D eigenvalue weighted by atomic mass is 32.2. The number of nitrogens with one attached hydrogen (secondary N) is 1. The van der Waals surface area contributed by atoms with Crippen LogP contribution in [0.5, 0.6) is 5.75 Å². The van der Waals surface area contributed by atoms with Crippen LogP contribution in [0.4, 0.5) is 14.6 Å². The number of methoxy groups -OCH3 is 1. The summed E-state index contributed by atoms with van der Waals surface area (Å²) in [7, 11) is -2.32. The Morgan fingerprint density at radius 2 is 2.10 bits per heavy atom. The monoisotopic (exact) mass is 440 g/mol. The van der Waals surface area contributed by atoms with Gasteiger partial charge in [0, 0.05) is 25.2 Å². The summed E-state index contributed by atoms with van der Waals surface area (Å²) in [5, 5.41) is 8.42. The van der Waals surface area contributed by atoms with Gasteiger partial charge in [-0.05, 0) is 42.5 Å². The molecule has 2 heterocycles. The number of hydrogen-bond acceptors (Lipinski definition) is 6. The molecule has 0 radical (unpaired) electrons. The quantitative estimate of drug-likeness (QED) is 0.602. The Morgan fingerprint density at radius 3 is 2.77 bits per heavy atom. The number of ether oxygens (including phenoxy) is 1. The van der Waals surface area contributed by atoms with Gasteiger partial charge in [0.2, 0.25) is 15.9 Å². The van der Waals surface area contributed by atoms with Crippen LogP contribution >= 0.6 is 0 Å². The Kier molecular flexibility index (Phi) is 5.39. The van der Waals surface area contributed by atoms with Crippen molar-refractivity contribution in [3.05, 3.63) is 36.2 Å². The van der Waals surface area contributed by atoms with Gasteiger partial charge in [-0.3, -0.25) is 9.40 Å². The van der Waals surface area contributed by atoms with Crippen molar-refractivity contribution in [1.82, 2.24) is 14.9 Å². The van der Waals surface area contributed by atoms with Gasteiger partial charge < -0.3 is 9.26 Å². The molecule has 11 heteroatoms. The maximum Gasteiger partial charge on any atom is 0.248 e. The Morgan fingerprint density at radius 1 is 1.33 bits per heavy atom. The molecule has 1 aliphatic rings. The summed E-state index contributed by atoms with van der Waals surface area (Å²) < 4.78 is 66.8. The first-order chi connectivity index (χ1) is 14.2. The van der Waals surface area contributed by atoms with Gasteiger partial charge in [0.25, 0.3) is 0 Å². The molecule has 2 aromatic heterocycles. The number of halogens is 2.